The summed E-state index contributed by atoms with van der Waals surface area (Å²) in [5, 5.41) is 0.736. The number of rotatable bonds is 4. The molecule has 0 fully saturated rings. The molecule has 5 aromatic carbocycles. The van der Waals surface area contributed by atoms with Gasteiger partial charge in [0.05, 0.1) is 11.4 Å². The Morgan fingerprint density at radius 1 is 0.583 bits per heavy atom. The Bertz CT molecular complexity index is 1480. The summed E-state index contributed by atoms with van der Waals surface area (Å²) >= 11 is 8.22. The van der Waals surface area contributed by atoms with Gasteiger partial charge in [0.1, 0.15) is 0 Å². The van der Waals surface area contributed by atoms with E-state index >= 15 is 0 Å². The second kappa shape index (κ2) is 9.42. The van der Waals surface area contributed by atoms with Gasteiger partial charge >= 0.3 is 0 Å². The molecule has 4 heteroatoms. The lowest BCUT2D eigenvalue weighted by molar-refractivity contribution is 1.16. The van der Waals surface area contributed by atoms with Gasteiger partial charge in [-0.05, 0) is 92.7 Å². The Morgan fingerprint density at radius 2 is 1.11 bits per heavy atom. The molecule has 1 aliphatic rings. The third kappa shape index (κ3) is 4.26. The number of anilines is 6. The predicted octanol–water partition coefficient (Wildman–Crippen LogP) is 10.4. The van der Waals surface area contributed by atoms with Gasteiger partial charge in [-0.25, -0.2) is 0 Å². The molecule has 0 bridgehead atoms. The minimum absolute atomic E-state index is 0.736. The molecule has 36 heavy (non-hydrogen) atoms. The highest BCUT2D eigenvalue weighted by atomic mass is 35.5. The van der Waals surface area contributed by atoms with Gasteiger partial charge < -0.3 is 9.80 Å². The zero-order valence-electron chi connectivity index (χ0n) is 20.2. The van der Waals surface area contributed by atoms with Crippen molar-refractivity contribution >= 4 is 57.5 Å². The van der Waals surface area contributed by atoms with Crippen LogP contribution in [0.3, 0.4) is 0 Å². The van der Waals surface area contributed by atoms with Gasteiger partial charge in [-0.3, -0.25) is 0 Å². The van der Waals surface area contributed by atoms with Crippen LogP contribution in [0.1, 0.15) is 11.1 Å². The van der Waals surface area contributed by atoms with E-state index in [0.717, 1.165) is 33.5 Å². The first-order chi connectivity index (χ1) is 17.6. The van der Waals surface area contributed by atoms with Crippen LogP contribution in [0, 0.1) is 13.8 Å². The summed E-state index contributed by atoms with van der Waals surface area (Å²) in [6.07, 6.45) is 0. The lowest BCUT2D eigenvalue weighted by atomic mass is 10.1. The molecule has 2 nitrogen and oxygen atoms in total. The first kappa shape index (κ1) is 22.8. The van der Waals surface area contributed by atoms with Crippen LogP contribution in [-0.2, 0) is 0 Å². The zero-order valence-corrected chi connectivity index (χ0v) is 21.7. The molecule has 176 valence electrons. The van der Waals surface area contributed by atoms with Crippen molar-refractivity contribution in [3.05, 3.63) is 131 Å². The van der Waals surface area contributed by atoms with Crippen molar-refractivity contribution in [3.63, 3.8) is 0 Å². The number of para-hydroxylation sites is 1. The molecule has 0 N–H and O–H groups in total. The molecular formula is C32H25ClN2S. The van der Waals surface area contributed by atoms with E-state index in [1.807, 2.05) is 6.07 Å². The molecule has 0 atom stereocenters. The fraction of sp³-hybridized carbons (Fsp3) is 0.0625. The standard InChI is InChI=1S/C32H25ClN2S/c1-22-7-12-25(13-8-22)34(26-14-9-23(2)10-15-26)27-16-18-28(19-17-27)35-29-5-3-4-6-31(29)36-32-20-11-24(33)21-30(32)35/h3-21H,1-2H3. The topological polar surface area (TPSA) is 6.48 Å². The van der Waals surface area contributed by atoms with E-state index in [2.05, 4.69) is 133 Å². The third-order valence-electron chi connectivity index (χ3n) is 6.44. The Kier molecular flexibility index (Phi) is 5.96. The molecule has 0 saturated carbocycles. The van der Waals surface area contributed by atoms with Gasteiger partial charge in [-0.2, -0.15) is 0 Å². The zero-order chi connectivity index (χ0) is 24.6. The molecule has 0 radical (unpaired) electrons. The lowest BCUT2D eigenvalue weighted by Gasteiger charge is -2.33. The Balaban J connectivity index is 1.45. The van der Waals surface area contributed by atoms with Crippen molar-refractivity contribution in [1.82, 2.24) is 0 Å². The van der Waals surface area contributed by atoms with Crippen LogP contribution in [0.5, 0.6) is 0 Å². The maximum atomic E-state index is 6.44. The smallest absolute Gasteiger partial charge is 0.0616 e. The summed E-state index contributed by atoms with van der Waals surface area (Å²) in [6.45, 7) is 4.24. The maximum Gasteiger partial charge on any atom is 0.0616 e. The highest BCUT2D eigenvalue weighted by Gasteiger charge is 2.25. The second-order valence-electron chi connectivity index (χ2n) is 9.04. The number of aryl methyl sites for hydroxylation is 2. The number of nitrogens with zero attached hydrogens (tertiary/aromatic N) is 2. The van der Waals surface area contributed by atoms with Crippen LogP contribution < -0.4 is 9.80 Å². The normalized spacial score (nSPS) is 12.1. The summed E-state index contributed by atoms with van der Waals surface area (Å²) in [7, 11) is 0. The van der Waals surface area contributed by atoms with Crippen LogP contribution >= 0.6 is 23.4 Å². The molecule has 0 saturated heterocycles. The van der Waals surface area contributed by atoms with Gasteiger partial charge in [-0.1, -0.05) is 70.9 Å². The highest BCUT2D eigenvalue weighted by molar-refractivity contribution is 7.99. The van der Waals surface area contributed by atoms with E-state index in [1.54, 1.807) is 11.8 Å². The molecule has 0 unspecified atom stereocenters. The van der Waals surface area contributed by atoms with E-state index in [1.165, 1.54) is 26.6 Å². The van der Waals surface area contributed by atoms with Gasteiger partial charge in [0.25, 0.3) is 0 Å². The van der Waals surface area contributed by atoms with Gasteiger partial charge in [0.15, 0.2) is 0 Å². The molecule has 1 aliphatic heterocycles. The van der Waals surface area contributed by atoms with Crippen molar-refractivity contribution in [3.8, 4) is 0 Å². The average molecular weight is 505 g/mol. The van der Waals surface area contributed by atoms with Crippen LogP contribution in [0.25, 0.3) is 0 Å². The number of hydrogen-bond donors (Lipinski definition) is 0. The molecule has 0 aromatic heterocycles. The fourth-order valence-electron chi connectivity index (χ4n) is 4.59. The number of benzene rings is 5. The van der Waals surface area contributed by atoms with E-state index in [-0.39, 0.29) is 0 Å². The summed E-state index contributed by atoms with van der Waals surface area (Å²) in [4.78, 5) is 7.03. The first-order valence-electron chi connectivity index (χ1n) is 12.0. The molecule has 6 rings (SSSR count). The van der Waals surface area contributed by atoms with Crippen LogP contribution in [0.4, 0.5) is 34.1 Å². The van der Waals surface area contributed by atoms with Crippen LogP contribution in [0.2, 0.25) is 5.02 Å². The van der Waals surface area contributed by atoms with Crippen molar-refractivity contribution < 1.29 is 0 Å². The number of fused-ring (bicyclic) bond motifs is 2. The van der Waals surface area contributed by atoms with Gasteiger partial charge in [0, 0.05) is 37.6 Å². The molecule has 5 aromatic rings. The van der Waals surface area contributed by atoms with Crippen LogP contribution in [-0.4, -0.2) is 0 Å². The molecule has 1 heterocycles. The van der Waals surface area contributed by atoms with Crippen molar-refractivity contribution in [2.45, 2.75) is 23.6 Å². The molecular weight excluding hydrogens is 480 g/mol. The summed E-state index contributed by atoms with van der Waals surface area (Å²) in [5.74, 6) is 0. The summed E-state index contributed by atoms with van der Waals surface area (Å²) in [6, 6.07) is 40.8. The van der Waals surface area contributed by atoms with E-state index < -0.39 is 0 Å². The first-order valence-corrected chi connectivity index (χ1v) is 13.2. The third-order valence-corrected chi connectivity index (χ3v) is 7.80. The Hall–Kier alpha value is -3.66. The van der Waals surface area contributed by atoms with Gasteiger partial charge in [0.2, 0.25) is 0 Å². The Morgan fingerprint density at radius 3 is 1.72 bits per heavy atom. The fourth-order valence-corrected chi connectivity index (χ4v) is 5.80. The minimum atomic E-state index is 0.736. The summed E-state index contributed by atoms with van der Waals surface area (Å²) in [5.41, 5.74) is 9.24. The number of halogens is 1. The number of hydrogen-bond acceptors (Lipinski definition) is 3. The quantitative estimate of drug-likeness (QED) is 0.236. The van der Waals surface area contributed by atoms with Crippen molar-refractivity contribution in [2.24, 2.45) is 0 Å². The average Bonchev–Trinajstić information content (AvgIpc) is 2.90. The van der Waals surface area contributed by atoms with E-state index in [4.69, 9.17) is 11.6 Å². The van der Waals surface area contributed by atoms with E-state index in [0.29, 0.717) is 0 Å². The Labute approximate surface area is 221 Å². The predicted molar refractivity (Wildman–Crippen MR) is 154 cm³/mol. The van der Waals surface area contributed by atoms with E-state index in [9.17, 15) is 0 Å². The van der Waals surface area contributed by atoms with Crippen molar-refractivity contribution in [1.29, 1.82) is 0 Å². The van der Waals surface area contributed by atoms with Gasteiger partial charge in [-0.15, -0.1) is 0 Å². The highest BCUT2D eigenvalue weighted by Crippen LogP contribution is 2.52. The SMILES string of the molecule is Cc1ccc(N(c2ccc(C)cc2)c2ccc(N3c4ccccc4Sc4ccc(Cl)cc43)cc2)cc1. The molecule has 0 amide bonds. The minimum Gasteiger partial charge on any atom is -0.311 e. The molecule has 0 spiro atoms. The maximum absolute atomic E-state index is 6.44. The van der Waals surface area contributed by atoms with Crippen LogP contribution in [0.15, 0.2) is 125 Å². The van der Waals surface area contributed by atoms with Crippen molar-refractivity contribution in [2.75, 3.05) is 9.80 Å². The largest absolute Gasteiger partial charge is 0.311 e. The second-order valence-corrected chi connectivity index (χ2v) is 10.6. The monoisotopic (exact) mass is 504 g/mol. The lowest BCUT2D eigenvalue weighted by Crippen LogP contribution is -2.15. The molecule has 0 aliphatic carbocycles. The summed E-state index contributed by atoms with van der Waals surface area (Å²) < 4.78 is 0.